The number of rotatable bonds is 5. The standard InChI is InChI=1S/C24H24ClN3O2S/c25-19-6-3-5-17(14-19)22(23-26-10-13-31-23)27-15-21(29)28-11-8-24(9-12-28)20-7-2-1-4-18(20)16-30-24/h1-7,10,13-14,22,27H,8-9,11-12,15-16H2. The molecule has 7 heteroatoms. The number of nitrogens with zero attached hydrogens (tertiary/aromatic N) is 2. The van der Waals surface area contributed by atoms with Crippen LogP contribution in [0, 0.1) is 0 Å². The van der Waals surface area contributed by atoms with Crippen LogP contribution in [0.15, 0.2) is 60.1 Å². The first-order chi connectivity index (χ1) is 15.1. The maximum Gasteiger partial charge on any atom is 0.236 e. The summed E-state index contributed by atoms with van der Waals surface area (Å²) in [6, 6.07) is 16.0. The molecule has 1 aromatic heterocycles. The Hall–Kier alpha value is -2.25. The van der Waals surface area contributed by atoms with E-state index in [4.69, 9.17) is 16.3 Å². The molecule has 1 unspecified atom stereocenters. The minimum absolute atomic E-state index is 0.102. The Balaban J connectivity index is 1.24. The molecule has 0 radical (unpaired) electrons. The summed E-state index contributed by atoms with van der Waals surface area (Å²) in [5.74, 6) is 0.102. The molecule has 1 fully saturated rings. The van der Waals surface area contributed by atoms with Gasteiger partial charge in [0.1, 0.15) is 5.01 Å². The van der Waals surface area contributed by atoms with Gasteiger partial charge in [-0.2, -0.15) is 0 Å². The summed E-state index contributed by atoms with van der Waals surface area (Å²) in [7, 11) is 0. The third-order valence-electron chi connectivity index (χ3n) is 6.27. The molecule has 2 aliphatic rings. The lowest BCUT2D eigenvalue weighted by Gasteiger charge is -2.39. The maximum atomic E-state index is 13.0. The van der Waals surface area contributed by atoms with Gasteiger partial charge in [0, 0.05) is 29.7 Å². The highest BCUT2D eigenvalue weighted by molar-refractivity contribution is 7.09. The SMILES string of the molecule is O=C(CNC(c1cccc(Cl)c1)c1nccs1)N1CCC2(CC1)OCc1ccccc12. The molecule has 0 saturated carbocycles. The second-order valence-corrected chi connectivity index (χ2v) is 9.42. The lowest BCUT2D eigenvalue weighted by atomic mass is 9.84. The van der Waals surface area contributed by atoms with Gasteiger partial charge < -0.3 is 9.64 Å². The number of benzene rings is 2. The molecule has 1 atom stereocenters. The normalized spacial score (nSPS) is 18.2. The number of likely N-dealkylation sites (tertiary alicyclic amines) is 1. The van der Waals surface area contributed by atoms with E-state index in [1.54, 1.807) is 17.5 Å². The fraction of sp³-hybridized carbons (Fsp3) is 0.333. The topological polar surface area (TPSA) is 54.5 Å². The number of piperidine rings is 1. The second kappa shape index (κ2) is 8.71. The van der Waals surface area contributed by atoms with E-state index in [1.165, 1.54) is 11.1 Å². The molecule has 0 bridgehead atoms. The van der Waals surface area contributed by atoms with E-state index in [2.05, 4.69) is 34.6 Å². The lowest BCUT2D eigenvalue weighted by molar-refractivity contribution is -0.137. The molecule has 1 spiro atoms. The first-order valence-electron chi connectivity index (χ1n) is 10.5. The molecular formula is C24H24ClN3O2S. The molecule has 1 saturated heterocycles. The molecule has 5 nitrogen and oxygen atoms in total. The van der Waals surface area contributed by atoms with Crippen LogP contribution in [0.3, 0.4) is 0 Å². The Morgan fingerprint density at radius 1 is 1.23 bits per heavy atom. The lowest BCUT2D eigenvalue weighted by Crippen LogP contribution is -2.48. The number of amides is 1. The third-order valence-corrected chi connectivity index (χ3v) is 7.35. The van der Waals surface area contributed by atoms with Crippen molar-refractivity contribution in [2.24, 2.45) is 0 Å². The molecule has 3 aromatic rings. The molecule has 1 N–H and O–H groups in total. The van der Waals surface area contributed by atoms with Crippen molar-refractivity contribution in [1.82, 2.24) is 15.2 Å². The maximum absolute atomic E-state index is 13.0. The first-order valence-corrected chi connectivity index (χ1v) is 11.8. The summed E-state index contributed by atoms with van der Waals surface area (Å²) in [4.78, 5) is 19.4. The monoisotopic (exact) mass is 453 g/mol. The van der Waals surface area contributed by atoms with Crippen molar-refractivity contribution in [2.45, 2.75) is 31.1 Å². The number of hydrogen-bond acceptors (Lipinski definition) is 5. The number of carbonyl (C=O) groups is 1. The minimum atomic E-state index is -0.231. The van der Waals surface area contributed by atoms with Crippen LogP contribution in [0.1, 0.15) is 40.6 Å². The van der Waals surface area contributed by atoms with Crippen LogP contribution in [0.2, 0.25) is 5.02 Å². The molecule has 2 aliphatic heterocycles. The highest BCUT2D eigenvalue weighted by atomic mass is 35.5. The van der Waals surface area contributed by atoms with E-state index < -0.39 is 0 Å². The predicted octanol–water partition coefficient (Wildman–Crippen LogP) is 4.52. The van der Waals surface area contributed by atoms with Crippen molar-refractivity contribution in [2.75, 3.05) is 19.6 Å². The van der Waals surface area contributed by atoms with Gasteiger partial charge in [0.2, 0.25) is 5.91 Å². The van der Waals surface area contributed by atoms with Crippen LogP contribution >= 0.6 is 22.9 Å². The van der Waals surface area contributed by atoms with Crippen molar-refractivity contribution in [1.29, 1.82) is 0 Å². The van der Waals surface area contributed by atoms with E-state index in [0.29, 0.717) is 24.7 Å². The van der Waals surface area contributed by atoms with Gasteiger partial charge in [-0.1, -0.05) is 48.0 Å². The number of ether oxygens (including phenoxy) is 1. The van der Waals surface area contributed by atoms with Gasteiger partial charge in [-0.25, -0.2) is 4.98 Å². The molecule has 0 aliphatic carbocycles. The molecule has 31 heavy (non-hydrogen) atoms. The summed E-state index contributed by atoms with van der Waals surface area (Å²) >= 11 is 7.77. The molecule has 2 aromatic carbocycles. The summed E-state index contributed by atoms with van der Waals surface area (Å²) in [5.41, 5.74) is 3.34. The van der Waals surface area contributed by atoms with Crippen LogP contribution in [0.5, 0.6) is 0 Å². The van der Waals surface area contributed by atoms with Gasteiger partial charge in [-0.05, 0) is 41.7 Å². The van der Waals surface area contributed by atoms with E-state index in [0.717, 1.165) is 23.4 Å². The first kappa shape index (κ1) is 20.6. The van der Waals surface area contributed by atoms with Crippen LogP contribution < -0.4 is 5.32 Å². The van der Waals surface area contributed by atoms with Crippen molar-refractivity contribution in [3.63, 3.8) is 0 Å². The van der Waals surface area contributed by atoms with Gasteiger partial charge >= 0.3 is 0 Å². The molecule has 1 amide bonds. The summed E-state index contributed by atoms with van der Waals surface area (Å²) in [6.07, 6.45) is 3.45. The van der Waals surface area contributed by atoms with Crippen LogP contribution in [-0.2, 0) is 21.7 Å². The Bertz CT molecular complexity index is 1060. The average Bonchev–Trinajstić information content (AvgIpc) is 3.44. The van der Waals surface area contributed by atoms with Crippen molar-refractivity contribution in [3.05, 3.63) is 86.8 Å². The third kappa shape index (κ3) is 4.13. The molecule has 160 valence electrons. The summed E-state index contributed by atoms with van der Waals surface area (Å²) in [5, 5.41) is 6.94. The molecule has 5 rings (SSSR count). The van der Waals surface area contributed by atoms with E-state index in [-0.39, 0.29) is 24.1 Å². The van der Waals surface area contributed by atoms with Crippen LogP contribution in [-0.4, -0.2) is 35.4 Å². The fourth-order valence-electron chi connectivity index (χ4n) is 4.63. The van der Waals surface area contributed by atoms with Gasteiger partial charge in [-0.3, -0.25) is 10.1 Å². The summed E-state index contributed by atoms with van der Waals surface area (Å²) in [6.45, 7) is 2.32. The van der Waals surface area contributed by atoms with Gasteiger partial charge in [0.25, 0.3) is 0 Å². The number of fused-ring (bicyclic) bond motifs is 2. The number of carbonyl (C=O) groups excluding carboxylic acids is 1. The zero-order valence-corrected chi connectivity index (χ0v) is 18.7. The predicted molar refractivity (Wildman–Crippen MR) is 122 cm³/mol. The average molecular weight is 454 g/mol. The Labute approximate surface area is 191 Å². The highest BCUT2D eigenvalue weighted by Gasteiger charge is 2.43. The zero-order valence-electron chi connectivity index (χ0n) is 17.1. The fourth-order valence-corrected chi connectivity index (χ4v) is 5.56. The number of nitrogens with one attached hydrogen (secondary N) is 1. The smallest absolute Gasteiger partial charge is 0.236 e. The van der Waals surface area contributed by atoms with Crippen molar-refractivity contribution in [3.8, 4) is 0 Å². The Kier molecular flexibility index (Phi) is 5.80. The van der Waals surface area contributed by atoms with E-state index in [1.807, 2.05) is 34.5 Å². The van der Waals surface area contributed by atoms with Crippen molar-refractivity contribution >= 4 is 28.8 Å². The van der Waals surface area contributed by atoms with Gasteiger partial charge in [-0.15, -0.1) is 11.3 Å². The van der Waals surface area contributed by atoms with Crippen LogP contribution in [0.25, 0.3) is 0 Å². The Morgan fingerprint density at radius 3 is 2.84 bits per heavy atom. The number of thiazole rings is 1. The quantitative estimate of drug-likeness (QED) is 0.617. The summed E-state index contributed by atoms with van der Waals surface area (Å²) < 4.78 is 6.22. The number of hydrogen-bond donors (Lipinski definition) is 1. The van der Waals surface area contributed by atoms with E-state index >= 15 is 0 Å². The number of aromatic nitrogens is 1. The van der Waals surface area contributed by atoms with Crippen LogP contribution in [0.4, 0.5) is 0 Å². The minimum Gasteiger partial charge on any atom is -0.365 e. The molecular weight excluding hydrogens is 430 g/mol. The van der Waals surface area contributed by atoms with Crippen molar-refractivity contribution < 1.29 is 9.53 Å². The molecule has 3 heterocycles. The highest BCUT2D eigenvalue weighted by Crippen LogP contribution is 2.43. The van der Waals surface area contributed by atoms with Gasteiger partial charge in [0.15, 0.2) is 0 Å². The second-order valence-electron chi connectivity index (χ2n) is 8.06. The Morgan fingerprint density at radius 2 is 2.06 bits per heavy atom. The number of halogens is 1. The largest absolute Gasteiger partial charge is 0.365 e. The van der Waals surface area contributed by atoms with E-state index in [9.17, 15) is 4.79 Å². The zero-order chi connectivity index (χ0) is 21.3. The van der Waals surface area contributed by atoms with Gasteiger partial charge in [0.05, 0.1) is 24.8 Å².